The van der Waals surface area contributed by atoms with Crippen molar-refractivity contribution in [2.75, 3.05) is 7.11 Å². The van der Waals surface area contributed by atoms with Gasteiger partial charge in [-0.3, -0.25) is 4.98 Å². The standard InChI is InChI=1S/C24H28N4OS/c1-24(2,3)27-14-12-18(16-27)22-21(20-7-5-6-13-25-20)26-23(30)28(22)15-17-8-10-19(29-4)11-9-17/h5-14,16,21-22H,15H2,1-4H3,(H,26,30)/t21-,22-/m1/s1. The van der Waals surface area contributed by atoms with Gasteiger partial charge in [-0.1, -0.05) is 18.2 Å². The Bertz CT molecular complexity index is 1010. The zero-order chi connectivity index (χ0) is 21.3. The fourth-order valence-electron chi connectivity index (χ4n) is 3.87. The summed E-state index contributed by atoms with van der Waals surface area (Å²) in [6, 6.07) is 16.4. The van der Waals surface area contributed by atoms with E-state index in [0.29, 0.717) is 6.54 Å². The van der Waals surface area contributed by atoms with Crippen LogP contribution in [0, 0.1) is 0 Å². The van der Waals surface area contributed by atoms with Crippen molar-refractivity contribution in [2.24, 2.45) is 0 Å². The van der Waals surface area contributed by atoms with Crippen LogP contribution in [-0.4, -0.2) is 26.7 Å². The zero-order valence-corrected chi connectivity index (χ0v) is 18.7. The van der Waals surface area contributed by atoms with Crippen LogP contribution < -0.4 is 10.1 Å². The SMILES string of the molecule is COc1ccc(CN2C(=S)N[C@H](c3ccccn3)[C@H]2c2ccn(C(C)(C)C)c2)cc1. The molecule has 3 aromatic rings. The molecule has 5 nitrogen and oxygen atoms in total. The number of ether oxygens (including phenoxy) is 1. The average Bonchev–Trinajstić information content (AvgIpc) is 3.34. The van der Waals surface area contributed by atoms with Gasteiger partial charge in [0.15, 0.2) is 5.11 Å². The summed E-state index contributed by atoms with van der Waals surface area (Å²) in [5, 5.41) is 4.27. The Morgan fingerprint density at radius 3 is 2.47 bits per heavy atom. The highest BCUT2D eigenvalue weighted by atomic mass is 32.1. The molecule has 2 atom stereocenters. The minimum Gasteiger partial charge on any atom is -0.497 e. The number of hydrogen-bond acceptors (Lipinski definition) is 3. The normalized spacial score (nSPS) is 19.1. The Kier molecular flexibility index (Phi) is 5.52. The second-order valence-corrected chi connectivity index (χ2v) is 9.01. The third-order valence-electron chi connectivity index (χ3n) is 5.54. The number of aromatic nitrogens is 2. The fourth-order valence-corrected chi connectivity index (χ4v) is 4.18. The Hall–Kier alpha value is -2.86. The van der Waals surface area contributed by atoms with E-state index in [0.717, 1.165) is 16.6 Å². The van der Waals surface area contributed by atoms with Gasteiger partial charge in [0.25, 0.3) is 0 Å². The van der Waals surface area contributed by atoms with Crippen LogP contribution >= 0.6 is 12.2 Å². The fraction of sp³-hybridized carbons (Fsp3) is 0.333. The van der Waals surface area contributed by atoms with Crippen molar-refractivity contribution in [2.45, 2.75) is 44.9 Å². The smallest absolute Gasteiger partial charge is 0.170 e. The summed E-state index contributed by atoms with van der Waals surface area (Å²) in [5.74, 6) is 0.853. The molecule has 0 saturated carbocycles. The highest BCUT2D eigenvalue weighted by Crippen LogP contribution is 2.40. The summed E-state index contributed by atoms with van der Waals surface area (Å²) >= 11 is 5.78. The quantitative estimate of drug-likeness (QED) is 0.600. The van der Waals surface area contributed by atoms with Gasteiger partial charge in [-0.25, -0.2) is 0 Å². The number of benzene rings is 1. The first-order valence-electron chi connectivity index (χ1n) is 10.2. The van der Waals surface area contributed by atoms with E-state index < -0.39 is 0 Å². The highest BCUT2D eigenvalue weighted by Gasteiger charge is 2.40. The van der Waals surface area contributed by atoms with Crippen molar-refractivity contribution >= 4 is 17.3 Å². The van der Waals surface area contributed by atoms with Gasteiger partial charge in [0.2, 0.25) is 0 Å². The van der Waals surface area contributed by atoms with Crippen molar-refractivity contribution in [1.29, 1.82) is 0 Å². The van der Waals surface area contributed by atoms with E-state index in [9.17, 15) is 0 Å². The minimum absolute atomic E-state index is 0.00670. The maximum absolute atomic E-state index is 5.78. The first-order chi connectivity index (χ1) is 14.4. The van der Waals surface area contributed by atoms with E-state index in [1.165, 1.54) is 11.1 Å². The van der Waals surface area contributed by atoms with Crippen LogP contribution in [0.3, 0.4) is 0 Å². The molecule has 156 valence electrons. The van der Waals surface area contributed by atoms with Gasteiger partial charge < -0.3 is 19.5 Å². The lowest BCUT2D eigenvalue weighted by Gasteiger charge is -2.28. The Morgan fingerprint density at radius 1 is 1.10 bits per heavy atom. The molecule has 30 heavy (non-hydrogen) atoms. The molecule has 1 N–H and O–H groups in total. The van der Waals surface area contributed by atoms with E-state index in [-0.39, 0.29) is 17.6 Å². The number of nitrogens with zero attached hydrogens (tertiary/aromatic N) is 3. The lowest BCUT2D eigenvalue weighted by molar-refractivity contribution is 0.309. The highest BCUT2D eigenvalue weighted by molar-refractivity contribution is 7.80. The molecule has 3 heterocycles. The number of hydrogen-bond donors (Lipinski definition) is 1. The molecule has 0 radical (unpaired) electrons. The molecule has 4 rings (SSSR count). The third-order valence-corrected chi connectivity index (χ3v) is 5.89. The molecule has 0 amide bonds. The number of rotatable bonds is 5. The molecule has 1 aromatic carbocycles. The van der Waals surface area contributed by atoms with E-state index in [1.807, 2.05) is 30.5 Å². The molecule has 6 heteroatoms. The summed E-state index contributed by atoms with van der Waals surface area (Å²) in [6.45, 7) is 7.34. The lowest BCUT2D eigenvalue weighted by atomic mass is 9.98. The molecule has 0 spiro atoms. The van der Waals surface area contributed by atoms with E-state index in [4.69, 9.17) is 17.0 Å². The topological polar surface area (TPSA) is 42.3 Å². The van der Waals surface area contributed by atoms with Gasteiger partial charge in [-0.05, 0) is 74.4 Å². The summed E-state index contributed by atoms with van der Waals surface area (Å²) in [6.07, 6.45) is 6.22. The number of methoxy groups -OCH3 is 1. The van der Waals surface area contributed by atoms with E-state index >= 15 is 0 Å². The largest absolute Gasteiger partial charge is 0.497 e. The monoisotopic (exact) mass is 420 g/mol. The van der Waals surface area contributed by atoms with Crippen LogP contribution in [0.4, 0.5) is 0 Å². The summed E-state index contributed by atoms with van der Waals surface area (Å²) in [7, 11) is 1.68. The van der Waals surface area contributed by atoms with Crippen LogP contribution in [0.5, 0.6) is 5.75 Å². The number of nitrogens with one attached hydrogen (secondary N) is 1. The first-order valence-corrected chi connectivity index (χ1v) is 10.6. The van der Waals surface area contributed by atoms with Gasteiger partial charge in [0.05, 0.1) is 24.9 Å². The summed E-state index contributed by atoms with van der Waals surface area (Å²) < 4.78 is 7.55. The van der Waals surface area contributed by atoms with Crippen LogP contribution in [0.25, 0.3) is 0 Å². The second-order valence-electron chi connectivity index (χ2n) is 8.63. The number of thiocarbonyl (C=S) groups is 1. The van der Waals surface area contributed by atoms with Crippen LogP contribution in [-0.2, 0) is 12.1 Å². The van der Waals surface area contributed by atoms with Crippen molar-refractivity contribution in [3.05, 3.63) is 83.9 Å². The van der Waals surface area contributed by atoms with E-state index in [2.05, 4.69) is 77.2 Å². The maximum atomic E-state index is 5.78. The molecular formula is C24H28N4OS. The Labute approximate surface area is 183 Å². The second kappa shape index (κ2) is 8.11. The summed E-state index contributed by atoms with van der Waals surface area (Å²) in [4.78, 5) is 6.88. The van der Waals surface area contributed by atoms with Crippen LogP contribution in [0.1, 0.15) is 49.7 Å². The van der Waals surface area contributed by atoms with Gasteiger partial charge in [-0.15, -0.1) is 0 Å². The van der Waals surface area contributed by atoms with E-state index in [1.54, 1.807) is 7.11 Å². The first kappa shape index (κ1) is 20.4. The predicted octanol–water partition coefficient (Wildman–Crippen LogP) is 4.82. The molecule has 0 bridgehead atoms. The van der Waals surface area contributed by atoms with Gasteiger partial charge in [0.1, 0.15) is 5.75 Å². The van der Waals surface area contributed by atoms with Crippen LogP contribution in [0.15, 0.2) is 67.1 Å². The van der Waals surface area contributed by atoms with Crippen LogP contribution in [0.2, 0.25) is 0 Å². The minimum atomic E-state index is -0.00670. The van der Waals surface area contributed by atoms with Crippen molar-refractivity contribution in [1.82, 2.24) is 19.8 Å². The van der Waals surface area contributed by atoms with Crippen molar-refractivity contribution in [3.63, 3.8) is 0 Å². The number of pyridine rings is 1. The zero-order valence-electron chi connectivity index (χ0n) is 17.9. The predicted molar refractivity (Wildman–Crippen MR) is 123 cm³/mol. The molecule has 1 fully saturated rings. The summed E-state index contributed by atoms with van der Waals surface area (Å²) in [5.41, 5.74) is 3.42. The Morgan fingerprint density at radius 2 is 1.87 bits per heavy atom. The van der Waals surface area contributed by atoms with Gasteiger partial charge in [0, 0.05) is 30.7 Å². The molecule has 1 aliphatic heterocycles. The molecular weight excluding hydrogens is 392 g/mol. The van der Waals surface area contributed by atoms with Crippen molar-refractivity contribution < 1.29 is 4.74 Å². The molecule has 2 aromatic heterocycles. The molecule has 0 aliphatic carbocycles. The molecule has 1 aliphatic rings. The maximum Gasteiger partial charge on any atom is 0.170 e. The van der Waals surface area contributed by atoms with Gasteiger partial charge >= 0.3 is 0 Å². The average molecular weight is 421 g/mol. The molecule has 1 saturated heterocycles. The lowest BCUT2D eigenvalue weighted by Crippen LogP contribution is -2.29. The molecule has 0 unspecified atom stereocenters. The van der Waals surface area contributed by atoms with Gasteiger partial charge in [-0.2, -0.15) is 0 Å². The Balaban J connectivity index is 1.71. The van der Waals surface area contributed by atoms with Crippen molar-refractivity contribution in [3.8, 4) is 5.75 Å². The third kappa shape index (κ3) is 4.05.